The SMILES string of the molecule is CCCC(C)C[NH+](CC)c1ccccc1.CCCCCCC[B-](CCCCCCC)(CCCCCCC)CCCCCCC. The summed E-state index contributed by atoms with van der Waals surface area (Å²) < 4.78 is 0. The summed E-state index contributed by atoms with van der Waals surface area (Å²) in [6, 6.07) is 10.8. The maximum absolute atomic E-state index is 2.36. The average molecular weight is 614 g/mol. The highest BCUT2D eigenvalue weighted by molar-refractivity contribution is 6.79. The van der Waals surface area contributed by atoms with Crippen molar-refractivity contribution in [2.45, 2.75) is 215 Å². The van der Waals surface area contributed by atoms with E-state index in [0.29, 0.717) is 0 Å². The van der Waals surface area contributed by atoms with E-state index < -0.39 is 0 Å². The van der Waals surface area contributed by atoms with Gasteiger partial charge in [0.1, 0.15) is 5.69 Å². The van der Waals surface area contributed by atoms with Gasteiger partial charge in [0.2, 0.25) is 0 Å². The Morgan fingerprint density at radius 2 is 0.841 bits per heavy atom. The predicted octanol–water partition coefficient (Wildman–Crippen LogP) is 14.0. The molecule has 2 heteroatoms. The van der Waals surface area contributed by atoms with Crippen LogP contribution in [-0.2, 0) is 0 Å². The summed E-state index contributed by atoms with van der Waals surface area (Å²) in [4.78, 5) is 1.61. The van der Waals surface area contributed by atoms with Gasteiger partial charge in [0.15, 0.2) is 0 Å². The summed E-state index contributed by atoms with van der Waals surface area (Å²) in [5.41, 5.74) is 1.43. The van der Waals surface area contributed by atoms with E-state index in [4.69, 9.17) is 0 Å². The molecular weight excluding hydrogens is 529 g/mol. The summed E-state index contributed by atoms with van der Waals surface area (Å²) in [5.74, 6) is 0.824. The van der Waals surface area contributed by atoms with Crippen LogP contribution in [0, 0.1) is 5.92 Å². The van der Waals surface area contributed by atoms with E-state index in [1.54, 1.807) is 30.2 Å². The zero-order chi connectivity index (χ0) is 32.6. The molecule has 0 heterocycles. The van der Waals surface area contributed by atoms with Crippen molar-refractivity contribution < 1.29 is 4.90 Å². The first-order chi connectivity index (χ1) is 21.5. The molecule has 0 radical (unpaired) electrons. The number of hydrogen-bond donors (Lipinski definition) is 1. The van der Waals surface area contributed by atoms with E-state index in [2.05, 4.69) is 78.8 Å². The third-order valence-corrected chi connectivity index (χ3v) is 10.7. The second kappa shape index (κ2) is 32.2. The molecule has 260 valence electrons. The average Bonchev–Trinajstić information content (AvgIpc) is 3.04. The highest BCUT2D eigenvalue weighted by Crippen LogP contribution is 2.35. The van der Waals surface area contributed by atoms with Crippen LogP contribution in [0.2, 0.25) is 25.3 Å². The van der Waals surface area contributed by atoms with Crippen LogP contribution in [0.4, 0.5) is 5.69 Å². The molecule has 0 amide bonds. The van der Waals surface area contributed by atoms with Gasteiger partial charge in [-0.1, -0.05) is 195 Å². The van der Waals surface area contributed by atoms with Crippen LogP contribution in [0.1, 0.15) is 190 Å². The van der Waals surface area contributed by atoms with Gasteiger partial charge in [-0.25, -0.2) is 0 Å². The van der Waals surface area contributed by atoms with Crippen LogP contribution in [0.5, 0.6) is 0 Å². The highest BCUT2D eigenvalue weighted by atomic mass is 15.1. The molecule has 1 N–H and O–H groups in total. The Labute approximate surface area is 280 Å². The minimum atomic E-state index is -0.0861. The first-order valence-corrected chi connectivity index (χ1v) is 20.6. The largest absolute Gasteiger partial charge is 0.303 e. The molecule has 2 atom stereocenters. The molecule has 1 aromatic rings. The van der Waals surface area contributed by atoms with Gasteiger partial charge in [-0.2, -0.15) is 25.3 Å². The Bertz CT molecular complexity index is 612. The summed E-state index contributed by atoms with van der Waals surface area (Å²) in [6.45, 7) is 18.7. The van der Waals surface area contributed by atoms with E-state index in [1.807, 2.05) is 0 Å². The minimum absolute atomic E-state index is 0.0861. The van der Waals surface area contributed by atoms with Crippen LogP contribution in [0.3, 0.4) is 0 Å². The molecule has 1 aromatic carbocycles. The zero-order valence-corrected chi connectivity index (χ0v) is 31.8. The number of rotatable bonds is 30. The molecule has 0 aliphatic carbocycles. The van der Waals surface area contributed by atoms with Gasteiger partial charge in [0.25, 0.3) is 0 Å². The van der Waals surface area contributed by atoms with Crippen molar-refractivity contribution in [1.82, 2.24) is 0 Å². The number of nitrogens with one attached hydrogen (secondary N) is 1. The molecule has 1 nitrogen and oxygen atoms in total. The zero-order valence-electron chi connectivity index (χ0n) is 31.8. The molecule has 0 aliphatic rings. The fourth-order valence-corrected chi connectivity index (χ4v) is 7.75. The predicted molar refractivity (Wildman–Crippen MR) is 207 cm³/mol. The number of para-hydroxylation sites is 1. The van der Waals surface area contributed by atoms with Gasteiger partial charge >= 0.3 is 0 Å². The van der Waals surface area contributed by atoms with Crippen LogP contribution < -0.4 is 4.90 Å². The molecular formula is C42H84BN. The van der Waals surface area contributed by atoms with Gasteiger partial charge in [-0.15, -0.1) is 0 Å². The summed E-state index contributed by atoms with van der Waals surface area (Å²) in [5, 5.41) is 0. The fraction of sp³-hybridized carbons (Fsp3) is 0.857. The molecule has 2 unspecified atom stereocenters. The molecule has 0 aromatic heterocycles. The van der Waals surface area contributed by atoms with E-state index in [1.165, 1.54) is 160 Å². The van der Waals surface area contributed by atoms with E-state index in [9.17, 15) is 0 Å². The lowest BCUT2D eigenvalue weighted by Crippen LogP contribution is -3.07. The third-order valence-electron chi connectivity index (χ3n) is 10.7. The Morgan fingerprint density at radius 1 is 0.477 bits per heavy atom. The number of hydrogen-bond acceptors (Lipinski definition) is 0. The molecule has 0 saturated heterocycles. The number of unbranched alkanes of at least 4 members (excludes halogenated alkanes) is 16. The van der Waals surface area contributed by atoms with Crippen molar-refractivity contribution >= 4 is 11.8 Å². The number of quaternary nitrogens is 1. The standard InChI is InChI=1S/C28H60B.C14H23N/c1-5-9-13-17-21-25-29(26-22-18-14-10-6-2,27-23-19-15-11-7-3)28-24-20-16-12-8-4;1-4-9-13(3)12-15(5-2)14-10-7-6-8-11-14/h5-28H2,1-4H3;6-8,10-11,13H,4-5,9,12H2,1-3H3/q-1;/p+1. The van der Waals surface area contributed by atoms with Crippen LogP contribution in [0.25, 0.3) is 0 Å². The lowest BCUT2D eigenvalue weighted by atomic mass is 9.17. The number of benzene rings is 1. The van der Waals surface area contributed by atoms with Crippen molar-refractivity contribution in [2.75, 3.05) is 13.1 Å². The van der Waals surface area contributed by atoms with Crippen molar-refractivity contribution in [3.63, 3.8) is 0 Å². The summed E-state index contributed by atoms with van der Waals surface area (Å²) in [7, 11) is 0. The quantitative estimate of drug-likeness (QED) is 0.0650. The molecule has 0 fully saturated rings. The van der Waals surface area contributed by atoms with Crippen LogP contribution in [0.15, 0.2) is 30.3 Å². The second-order valence-electron chi connectivity index (χ2n) is 15.0. The minimum Gasteiger partial charge on any atom is -0.303 e. The first kappa shape index (κ1) is 43.2. The van der Waals surface area contributed by atoms with Gasteiger partial charge in [0.05, 0.1) is 13.1 Å². The monoisotopic (exact) mass is 614 g/mol. The van der Waals surface area contributed by atoms with Crippen LogP contribution in [-0.4, -0.2) is 19.2 Å². The first-order valence-electron chi connectivity index (χ1n) is 20.6. The Hall–Kier alpha value is -0.755. The Morgan fingerprint density at radius 3 is 1.16 bits per heavy atom. The van der Waals surface area contributed by atoms with Crippen molar-refractivity contribution in [3.8, 4) is 0 Å². The van der Waals surface area contributed by atoms with Crippen molar-refractivity contribution in [1.29, 1.82) is 0 Å². The smallest absolute Gasteiger partial charge is 0.131 e. The van der Waals surface area contributed by atoms with Crippen LogP contribution >= 0.6 is 0 Å². The molecule has 44 heavy (non-hydrogen) atoms. The Kier molecular flexibility index (Phi) is 31.6. The lowest BCUT2D eigenvalue weighted by Gasteiger charge is -2.41. The van der Waals surface area contributed by atoms with Gasteiger partial charge in [-0.3, -0.25) is 0 Å². The maximum atomic E-state index is 2.36. The molecule has 0 saturated carbocycles. The topological polar surface area (TPSA) is 4.44 Å². The molecule has 1 rings (SSSR count). The van der Waals surface area contributed by atoms with E-state index >= 15 is 0 Å². The van der Waals surface area contributed by atoms with Crippen molar-refractivity contribution in [3.05, 3.63) is 30.3 Å². The van der Waals surface area contributed by atoms with Crippen molar-refractivity contribution in [2.24, 2.45) is 5.92 Å². The fourth-order valence-electron chi connectivity index (χ4n) is 7.75. The van der Waals surface area contributed by atoms with Gasteiger partial charge in [-0.05, 0) is 25.5 Å². The van der Waals surface area contributed by atoms with E-state index in [-0.39, 0.29) is 6.15 Å². The van der Waals surface area contributed by atoms with Gasteiger partial charge < -0.3 is 4.90 Å². The summed E-state index contributed by atoms with van der Waals surface area (Å²) in [6.07, 6.45) is 38.3. The second-order valence-corrected chi connectivity index (χ2v) is 15.0. The maximum Gasteiger partial charge on any atom is 0.131 e. The highest BCUT2D eigenvalue weighted by Gasteiger charge is 2.23. The van der Waals surface area contributed by atoms with Gasteiger partial charge in [0, 0.05) is 12.1 Å². The van der Waals surface area contributed by atoms with E-state index in [0.717, 1.165) is 5.92 Å². The lowest BCUT2D eigenvalue weighted by molar-refractivity contribution is -0.834. The molecule has 0 spiro atoms. The summed E-state index contributed by atoms with van der Waals surface area (Å²) >= 11 is 0. The normalized spacial score (nSPS) is 13.0. The third kappa shape index (κ3) is 24.5. The molecule has 0 bridgehead atoms. The molecule has 0 aliphatic heterocycles. The Balaban J connectivity index is 0.00000103.